The van der Waals surface area contributed by atoms with E-state index in [2.05, 4.69) is 0 Å². The van der Waals surface area contributed by atoms with Gasteiger partial charge in [-0.25, -0.2) is 0 Å². The van der Waals surface area contributed by atoms with E-state index in [1.165, 1.54) is 0 Å². The first kappa shape index (κ1) is 7.54. The van der Waals surface area contributed by atoms with Gasteiger partial charge in [0.15, 0.2) is 0 Å². The van der Waals surface area contributed by atoms with Crippen molar-refractivity contribution in [1.82, 2.24) is 0 Å². The maximum atomic E-state index is 8.29. The average Bonchev–Trinajstić information content (AvgIpc) is 1.65. The van der Waals surface area contributed by atoms with Crippen LogP contribution in [0.1, 0.15) is 6.92 Å². The minimum atomic E-state index is -0.304. The summed E-state index contributed by atoms with van der Waals surface area (Å²) in [6.07, 6.45) is 0. The van der Waals surface area contributed by atoms with E-state index in [4.69, 9.17) is 28.3 Å². The fourth-order valence-electron chi connectivity index (χ4n) is 0.145. The molecular formula is C4H8Cl2O. The molecule has 0 aliphatic rings. The average molecular weight is 143 g/mol. The summed E-state index contributed by atoms with van der Waals surface area (Å²) in [4.78, 5) is 0. The molecule has 0 heterocycles. The third-order valence-corrected chi connectivity index (χ3v) is 1.62. The van der Waals surface area contributed by atoms with Gasteiger partial charge in [-0.05, 0) is 6.92 Å². The van der Waals surface area contributed by atoms with E-state index in [9.17, 15) is 0 Å². The molecule has 1 nitrogen and oxygen atoms in total. The Morgan fingerprint density at radius 1 is 1.57 bits per heavy atom. The summed E-state index contributed by atoms with van der Waals surface area (Å²) in [5, 5.41) is 7.84. The molecular weight excluding hydrogens is 135 g/mol. The van der Waals surface area contributed by atoms with Gasteiger partial charge >= 0.3 is 0 Å². The summed E-state index contributed by atoms with van der Waals surface area (Å²) in [5.41, 5.74) is 0. The summed E-state index contributed by atoms with van der Waals surface area (Å²) >= 11 is 10.9. The lowest BCUT2D eigenvalue weighted by Crippen LogP contribution is -2.14. The molecule has 0 aliphatic heterocycles. The van der Waals surface area contributed by atoms with Gasteiger partial charge in [-0.2, -0.15) is 0 Å². The Morgan fingerprint density at radius 2 is 2.00 bits per heavy atom. The van der Waals surface area contributed by atoms with Gasteiger partial charge in [0.1, 0.15) is 0 Å². The molecule has 0 aromatic heterocycles. The number of alkyl halides is 2. The Kier molecular flexibility index (Phi) is 3.80. The smallest absolute Gasteiger partial charge is 0.0727 e. The van der Waals surface area contributed by atoms with Gasteiger partial charge in [-0.3, -0.25) is 0 Å². The molecule has 0 saturated carbocycles. The van der Waals surface area contributed by atoms with Gasteiger partial charge < -0.3 is 5.11 Å². The van der Waals surface area contributed by atoms with Crippen LogP contribution in [0.15, 0.2) is 0 Å². The van der Waals surface area contributed by atoms with Gasteiger partial charge in [0, 0.05) is 5.38 Å². The van der Waals surface area contributed by atoms with Crippen LogP contribution in [-0.2, 0) is 0 Å². The number of hydrogen-bond acceptors (Lipinski definition) is 1. The van der Waals surface area contributed by atoms with Crippen molar-refractivity contribution in [1.29, 1.82) is 0 Å². The molecule has 1 N–H and O–H groups in total. The zero-order chi connectivity index (χ0) is 5.86. The maximum absolute atomic E-state index is 8.29. The molecule has 3 heteroatoms. The Hall–Kier alpha value is 0.540. The second-order valence-electron chi connectivity index (χ2n) is 1.38. The van der Waals surface area contributed by atoms with Gasteiger partial charge in [-0.15, -0.1) is 23.2 Å². The fraction of sp³-hybridized carbons (Fsp3) is 1.00. The highest BCUT2D eigenvalue weighted by atomic mass is 35.5. The summed E-state index contributed by atoms with van der Waals surface area (Å²) in [6, 6.07) is 0. The van der Waals surface area contributed by atoms with Gasteiger partial charge in [0.25, 0.3) is 0 Å². The molecule has 0 saturated heterocycles. The van der Waals surface area contributed by atoms with Crippen LogP contribution in [0.4, 0.5) is 0 Å². The zero-order valence-electron chi connectivity index (χ0n) is 4.06. The zero-order valence-corrected chi connectivity index (χ0v) is 5.58. The van der Waals surface area contributed by atoms with Crippen molar-refractivity contribution in [3.63, 3.8) is 0 Å². The Morgan fingerprint density at radius 3 is 2.00 bits per heavy atom. The number of aliphatic hydroxyl groups is 1. The van der Waals surface area contributed by atoms with Crippen molar-refractivity contribution < 1.29 is 5.11 Å². The maximum Gasteiger partial charge on any atom is 0.0727 e. The lowest BCUT2D eigenvalue weighted by atomic mass is 10.3. The summed E-state index contributed by atoms with van der Waals surface area (Å²) in [7, 11) is 0. The van der Waals surface area contributed by atoms with Crippen molar-refractivity contribution in [2.45, 2.75) is 17.7 Å². The van der Waals surface area contributed by atoms with E-state index in [0.717, 1.165) is 0 Å². The quantitative estimate of drug-likeness (QED) is 0.576. The summed E-state index contributed by atoms with van der Waals surface area (Å²) in [5.74, 6) is 0. The lowest BCUT2D eigenvalue weighted by molar-refractivity contribution is 0.291. The van der Waals surface area contributed by atoms with Gasteiger partial charge in [0.2, 0.25) is 0 Å². The standard InChI is InChI=1S/C4H8Cl2O/c1-3(5)4(6)2-7/h3-4,7H,2H2,1H3/t3-,4+/m1/s1. The van der Waals surface area contributed by atoms with E-state index in [1.54, 1.807) is 6.92 Å². The van der Waals surface area contributed by atoms with E-state index < -0.39 is 0 Å². The molecule has 0 fully saturated rings. The van der Waals surface area contributed by atoms with Crippen LogP contribution in [0.5, 0.6) is 0 Å². The first-order valence-corrected chi connectivity index (χ1v) is 2.94. The van der Waals surface area contributed by atoms with Crippen LogP contribution in [0.3, 0.4) is 0 Å². The van der Waals surface area contributed by atoms with Gasteiger partial charge in [0.05, 0.1) is 12.0 Å². The van der Waals surface area contributed by atoms with Crippen LogP contribution in [0.25, 0.3) is 0 Å². The molecule has 0 spiro atoms. The molecule has 0 bridgehead atoms. The molecule has 0 radical (unpaired) electrons. The molecule has 0 aromatic carbocycles. The predicted molar refractivity (Wildman–Crippen MR) is 32.0 cm³/mol. The van der Waals surface area contributed by atoms with Crippen molar-refractivity contribution in [3.05, 3.63) is 0 Å². The summed E-state index contributed by atoms with van der Waals surface area (Å²) in [6.45, 7) is 1.70. The summed E-state index contributed by atoms with van der Waals surface area (Å²) < 4.78 is 0. The SMILES string of the molecule is C[C@@H](Cl)[C@@H](Cl)CO. The Bertz CT molecular complexity index is 47.0. The third-order valence-electron chi connectivity index (χ3n) is 0.673. The molecule has 0 rings (SSSR count). The van der Waals surface area contributed by atoms with Crippen molar-refractivity contribution in [2.24, 2.45) is 0 Å². The van der Waals surface area contributed by atoms with Crippen LogP contribution in [0, 0.1) is 0 Å². The molecule has 7 heavy (non-hydrogen) atoms. The molecule has 44 valence electrons. The largest absolute Gasteiger partial charge is 0.395 e. The first-order chi connectivity index (χ1) is 3.18. The highest BCUT2D eigenvalue weighted by molar-refractivity contribution is 6.29. The highest BCUT2D eigenvalue weighted by Gasteiger charge is 2.07. The predicted octanol–water partition coefficient (Wildman–Crippen LogP) is 1.21. The number of aliphatic hydroxyl groups excluding tert-OH is 1. The molecule has 2 atom stereocenters. The minimum Gasteiger partial charge on any atom is -0.395 e. The molecule has 0 aromatic rings. The van der Waals surface area contributed by atoms with Crippen LogP contribution >= 0.6 is 23.2 Å². The van der Waals surface area contributed by atoms with Crippen molar-refractivity contribution in [2.75, 3.05) is 6.61 Å². The van der Waals surface area contributed by atoms with Crippen LogP contribution < -0.4 is 0 Å². The first-order valence-electron chi connectivity index (χ1n) is 2.07. The monoisotopic (exact) mass is 142 g/mol. The number of hydrogen-bond donors (Lipinski definition) is 1. The normalized spacial score (nSPS) is 18.9. The highest BCUT2D eigenvalue weighted by Crippen LogP contribution is 2.06. The molecule has 0 amide bonds. The fourth-order valence-corrected chi connectivity index (χ4v) is 0.225. The number of rotatable bonds is 2. The van der Waals surface area contributed by atoms with E-state index in [-0.39, 0.29) is 17.4 Å². The Balaban J connectivity index is 3.14. The lowest BCUT2D eigenvalue weighted by Gasteiger charge is -2.04. The number of halogens is 2. The second-order valence-corrected chi connectivity index (χ2v) is 2.63. The van der Waals surface area contributed by atoms with Crippen LogP contribution in [0.2, 0.25) is 0 Å². The van der Waals surface area contributed by atoms with Crippen LogP contribution in [-0.4, -0.2) is 22.5 Å². The topological polar surface area (TPSA) is 20.2 Å². The Labute approximate surface area is 53.2 Å². The van der Waals surface area contributed by atoms with Gasteiger partial charge in [-0.1, -0.05) is 0 Å². The van der Waals surface area contributed by atoms with E-state index in [1.807, 2.05) is 0 Å². The van der Waals surface area contributed by atoms with E-state index >= 15 is 0 Å². The van der Waals surface area contributed by atoms with E-state index in [0.29, 0.717) is 0 Å². The van der Waals surface area contributed by atoms with Crippen molar-refractivity contribution in [3.8, 4) is 0 Å². The second kappa shape index (κ2) is 3.53. The minimum absolute atomic E-state index is 0.0494. The molecule has 0 aliphatic carbocycles. The third kappa shape index (κ3) is 3.15. The van der Waals surface area contributed by atoms with Crippen molar-refractivity contribution >= 4 is 23.2 Å². The molecule has 0 unspecified atom stereocenters.